The number of halogens is 1. The van der Waals surface area contributed by atoms with Crippen LogP contribution < -0.4 is 0 Å². The van der Waals surface area contributed by atoms with Crippen LogP contribution in [0.5, 0.6) is 0 Å². The van der Waals surface area contributed by atoms with Gasteiger partial charge in [0.15, 0.2) is 0 Å². The number of aromatic nitrogens is 2. The highest BCUT2D eigenvalue weighted by atomic mass is 79.9. The molecule has 0 aliphatic carbocycles. The van der Waals surface area contributed by atoms with Gasteiger partial charge in [-0.25, -0.2) is 0 Å². The average molecular weight is 337 g/mol. The zero-order valence-corrected chi connectivity index (χ0v) is 13.8. The maximum absolute atomic E-state index is 10.8. The summed E-state index contributed by atoms with van der Waals surface area (Å²) in [5.74, 6) is 0. The van der Waals surface area contributed by atoms with Gasteiger partial charge in [0.1, 0.15) is 0 Å². The number of rotatable bonds is 5. The van der Waals surface area contributed by atoms with Gasteiger partial charge in [-0.05, 0) is 44.0 Å². The average Bonchev–Trinajstić information content (AvgIpc) is 2.80. The Labute approximate surface area is 128 Å². The molecular formula is C16H21BrN2O. The third-order valence-corrected chi connectivity index (χ3v) is 4.10. The van der Waals surface area contributed by atoms with E-state index in [4.69, 9.17) is 0 Å². The van der Waals surface area contributed by atoms with Gasteiger partial charge >= 0.3 is 0 Å². The molecule has 0 amide bonds. The lowest BCUT2D eigenvalue weighted by atomic mass is 9.91. The largest absolute Gasteiger partial charge is 0.385 e. The van der Waals surface area contributed by atoms with Crippen LogP contribution in [0.25, 0.3) is 0 Å². The number of hydrogen-bond acceptors (Lipinski definition) is 2. The molecule has 3 nitrogen and oxygen atoms in total. The highest BCUT2D eigenvalue weighted by molar-refractivity contribution is 9.10. The molecule has 0 saturated carbocycles. The second-order valence-electron chi connectivity index (χ2n) is 5.25. The number of aliphatic hydroxyl groups is 1. The quantitative estimate of drug-likeness (QED) is 0.904. The number of nitrogens with zero attached hydrogens (tertiary/aromatic N) is 2. The van der Waals surface area contributed by atoms with Crippen molar-refractivity contribution < 1.29 is 5.11 Å². The first-order valence-corrected chi connectivity index (χ1v) is 7.79. The SMILES string of the molecule is CCc1cc(CC(C)(O)c2ccc(Br)cc2)n(CC)n1. The fourth-order valence-corrected chi connectivity index (χ4v) is 2.63. The first-order chi connectivity index (χ1) is 9.46. The minimum Gasteiger partial charge on any atom is -0.385 e. The second kappa shape index (κ2) is 6.10. The molecule has 0 aliphatic rings. The molecule has 108 valence electrons. The van der Waals surface area contributed by atoms with Crippen molar-refractivity contribution >= 4 is 15.9 Å². The fraction of sp³-hybridized carbons (Fsp3) is 0.438. The summed E-state index contributed by atoms with van der Waals surface area (Å²) in [4.78, 5) is 0. The lowest BCUT2D eigenvalue weighted by Gasteiger charge is -2.24. The lowest BCUT2D eigenvalue weighted by Crippen LogP contribution is -2.25. The number of aryl methyl sites for hydroxylation is 2. The summed E-state index contributed by atoms with van der Waals surface area (Å²) >= 11 is 3.42. The molecule has 1 N–H and O–H groups in total. The molecule has 2 rings (SSSR count). The molecule has 1 atom stereocenters. The van der Waals surface area contributed by atoms with Crippen LogP contribution in [0.4, 0.5) is 0 Å². The highest BCUT2D eigenvalue weighted by Crippen LogP contribution is 2.27. The van der Waals surface area contributed by atoms with Crippen molar-refractivity contribution in [3.8, 4) is 0 Å². The first-order valence-electron chi connectivity index (χ1n) is 7.00. The van der Waals surface area contributed by atoms with E-state index in [2.05, 4.69) is 40.9 Å². The standard InChI is InChI=1S/C16H21BrN2O/c1-4-14-10-15(19(5-2)18-14)11-16(3,20)12-6-8-13(17)9-7-12/h6-10,20H,4-5,11H2,1-3H3. The Bertz CT molecular complexity index is 573. The summed E-state index contributed by atoms with van der Waals surface area (Å²) in [6, 6.07) is 9.92. The molecule has 0 fully saturated rings. The molecule has 2 aromatic rings. The van der Waals surface area contributed by atoms with Crippen molar-refractivity contribution in [2.75, 3.05) is 0 Å². The fourth-order valence-electron chi connectivity index (χ4n) is 2.37. The molecule has 1 aromatic carbocycles. The van der Waals surface area contributed by atoms with E-state index in [0.717, 1.165) is 34.4 Å². The molecule has 1 aromatic heterocycles. The minimum atomic E-state index is -0.890. The van der Waals surface area contributed by atoms with Gasteiger partial charge in [-0.3, -0.25) is 4.68 Å². The summed E-state index contributed by atoms with van der Waals surface area (Å²) in [6.45, 7) is 6.85. The summed E-state index contributed by atoms with van der Waals surface area (Å²) in [5, 5.41) is 15.3. The monoisotopic (exact) mass is 336 g/mol. The van der Waals surface area contributed by atoms with Crippen molar-refractivity contribution in [1.29, 1.82) is 0 Å². The maximum Gasteiger partial charge on any atom is 0.0923 e. The van der Waals surface area contributed by atoms with E-state index in [0.29, 0.717) is 6.42 Å². The summed E-state index contributed by atoms with van der Waals surface area (Å²) in [5.41, 5.74) is 2.19. The lowest BCUT2D eigenvalue weighted by molar-refractivity contribution is 0.0554. The Hall–Kier alpha value is -1.13. The summed E-state index contributed by atoms with van der Waals surface area (Å²) in [7, 11) is 0. The van der Waals surface area contributed by atoms with Crippen molar-refractivity contribution in [1.82, 2.24) is 9.78 Å². The van der Waals surface area contributed by atoms with E-state index in [1.807, 2.05) is 35.9 Å². The van der Waals surface area contributed by atoms with Crippen molar-refractivity contribution in [3.05, 3.63) is 51.8 Å². The molecule has 20 heavy (non-hydrogen) atoms. The third kappa shape index (κ3) is 3.30. The smallest absolute Gasteiger partial charge is 0.0923 e. The van der Waals surface area contributed by atoms with Gasteiger partial charge in [-0.2, -0.15) is 5.10 Å². The maximum atomic E-state index is 10.8. The van der Waals surface area contributed by atoms with Crippen LogP contribution >= 0.6 is 15.9 Å². The topological polar surface area (TPSA) is 38.0 Å². The molecule has 0 radical (unpaired) electrons. The van der Waals surface area contributed by atoms with Crippen LogP contribution in [0.2, 0.25) is 0 Å². The molecule has 0 aliphatic heterocycles. The molecule has 4 heteroatoms. The van der Waals surface area contributed by atoms with E-state index < -0.39 is 5.60 Å². The predicted molar refractivity (Wildman–Crippen MR) is 84.7 cm³/mol. The van der Waals surface area contributed by atoms with Gasteiger partial charge < -0.3 is 5.11 Å². The second-order valence-corrected chi connectivity index (χ2v) is 6.17. The molecule has 0 spiro atoms. The van der Waals surface area contributed by atoms with Crippen LogP contribution in [0.1, 0.15) is 37.7 Å². The van der Waals surface area contributed by atoms with Gasteiger partial charge in [-0.1, -0.05) is 35.0 Å². The minimum absolute atomic E-state index is 0.565. The normalized spacial score (nSPS) is 14.2. The van der Waals surface area contributed by atoms with E-state index in [9.17, 15) is 5.11 Å². The van der Waals surface area contributed by atoms with Crippen LogP contribution in [0.15, 0.2) is 34.8 Å². The number of benzene rings is 1. The highest BCUT2D eigenvalue weighted by Gasteiger charge is 2.25. The van der Waals surface area contributed by atoms with Gasteiger partial charge in [0, 0.05) is 23.1 Å². The summed E-state index contributed by atoms with van der Waals surface area (Å²) in [6.07, 6.45) is 1.48. The molecule has 1 unspecified atom stereocenters. The Balaban J connectivity index is 2.27. The van der Waals surface area contributed by atoms with E-state index >= 15 is 0 Å². The van der Waals surface area contributed by atoms with Gasteiger partial charge in [-0.15, -0.1) is 0 Å². The molecular weight excluding hydrogens is 316 g/mol. The van der Waals surface area contributed by atoms with Gasteiger partial charge in [0.25, 0.3) is 0 Å². The van der Waals surface area contributed by atoms with E-state index in [1.54, 1.807) is 0 Å². The van der Waals surface area contributed by atoms with Crippen molar-refractivity contribution in [2.24, 2.45) is 0 Å². The van der Waals surface area contributed by atoms with Crippen LogP contribution in [-0.4, -0.2) is 14.9 Å². The Morgan fingerprint density at radius 3 is 2.45 bits per heavy atom. The Kier molecular flexibility index (Phi) is 4.66. The zero-order chi connectivity index (χ0) is 14.8. The third-order valence-electron chi connectivity index (χ3n) is 3.57. The number of hydrogen-bond donors (Lipinski definition) is 1. The van der Waals surface area contributed by atoms with Crippen molar-refractivity contribution in [2.45, 2.75) is 45.8 Å². The Morgan fingerprint density at radius 1 is 1.25 bits per heavy atom. The van der Waals surface area contributed by atoms with E-state index in [1.165, 1.54) is 0 Å². The predicted octanol–water partition coefficient (Wildman–Crippen LogP) is 3.68. The van der Waals surface area contributed by atoms with E-state index in [-0.39, 0.29) is 0 Å². The zero-order valence-electron chi connectivity index (χ0n) is 12.2. The van der Waals surface area contributed by atoms with Gasteiger partial charge in [0.2, 0.25) is 0 Å². The molecule has 0 bridgehead atoms. The first kappa shape index (κ1) is 15.3. The molecule has 1 heterocycles. The van der Waals surface area contributed by atoms with Crippen LogP contribution in [-0.2, 0) is 25.0 Å². The van der Waals surface area contributed by atoms with Crippen LogP contribution in [0.3, 0.4) is 0 Å². The van der Waals surface area contributed by atoms with Crippen LogP contribution in [0, 0.1) is 0 Å². The summed E-state index contributed by atoms with van der Waals surface area (Å²) < 4.78 is 3.00. The van der Waals surface area contributed by atoms with Crippen molar-refractivity contribution in [3.63, 3.8) is 0 Å². The van der Waals surface area contributed by atoms with Gasteiger partial charge in [0.05, 0.1) is 11.3 Å². The molecule has 0 saturated heterocycles. The Morgan fingerprint density at radius 2 is 1.90 bits per heavy atom.